The van der Waals surface area contributed by atoms with Crippen LogP contribution in [0.25, 0.3) is 0 Å². The van der Waals surface area contributed by atoms with Gasteiger partial charge in [0.05, 0.1) is 29.8 Å². The number of ether oxygens (including phenoxy) is 1. The van der Waals surface area contributed by atoms with Crippen molar-refractivity contribution in [3.8, 4) is 0 Å². The van der Waals surface area contributed by atoms with Gasteiger partial charge in [0.25, 0.3) is 0 Å². The topological polar surface area (TPSA) is 107 Å². The first-order valence-electron chi connectivity index (χ1n) is 6.66. The summed E-state index contributed by atoms with van der Waals surface area (Å²) in [5.41, 5.74) is 0.107. The minimum Gasteiger partial charge on any atom is -0.491 e. The van der Waals surface area contributed by atoms with Gasteiger partial charge in [-0.3, -0.25) is 4.79 Å². The Labute approximate surface area is 110 Å². The molecular weight excluding hydrogens is 252 g/mol. The van der Waals surface area contributed by atoms with Crippen molar-refractivity contribution in [3.05, 3.63) is 11.3 Å². The Bertz CT molecular complexity index is 431. The molecule has 0 saturated heterocycles. The van der Waals surface area contributed by atoms with Crippen LogP contribution in [0.1, 0.15) is 25.7 Å². The number of hydrogen-bond donors (Lipinski definition) is 4. The number of carbonyl (C=O) groups is 1. The van der Waals surface area contributed by atoms with Gasteiger partial charge >= 0.3 is 0 Å². The van der Waals surface area contributed by atoms with E-state index in [1.54, 1.807) is 0 Å². The van der Waals surface area contributed by atoms with E-state index in [4.69, 9.17) is 4.74 Å². The number of fused-ring (bicyclic) bond motifs is 1. The lowest BCUT2D eigenvalue weighted by Gasteiger charge is -2.44. The van der Waals surface area contributed by atoms with Gasteiger partial charge in [-0.25, -0.2) is 0 Å². The molecule has 2 aliphatic carbocycles. The van der Waals surface area contributed by atoms with Gasteiger partial charge in [-0.05, 0) is 12.8 Å². The second-order valence-electron chi connectivity index (χ2n) is 5.63. The molecule has 1 aliphatic heterocycles. The van der Waals surface area contributed by atoms with Gasteiger partial charge in [-0.15, -0.1) is 0 Å². The molecule has 0 spiro atoms. The maximum Gasteiger partial charge on any atom is 0.174 e. The molecule has 0 aromatic carbocycles. The smallest absolute Gasteiger partial charge is 0.174 e. The van der Waals surface area contributed by atoms with Gasteiger partial charge in [-0.2, -0.15) is 0 Å². The van der Waals surface area contributed by atoms with Crippen molar-refractivity contribution < 1.29 is 30.0 Å². The van der Waals surface area contributed by atoms with Crippen LogP contribution in [0.3, 0.4) is 0 Å². The van der Waals surface area contributed by atoms with Gasteiger partial charge in [0.2, 0.25) is 0 Å². The Hall–Kier alpha value is -0.950. The number of hydrogen-bond acceptors (Lipinski definition) is 6. The average molecular weight is 270 g/mol. The van der Waals surface area contributed by atoms with Crippen molar-refractivity contribution in [3.63, 3.8) is 0 Å². The van der Waals surface area contributed by atoms with Crippen molar-refractivity contribution in [1.82, 2.24) is 0 Å². The van der Waals surface area contributed by atoms with Crippen LogP contribution in [-0.2, 0) is 9.53 Å². The molecule has 6 nitrogen and oxygen atoms in total. The number of carbonyl (C=O) groups excluding carboxylic acids is 1. The molecule has 4 N–H and O–H groups in total. The van der Waals surface area contributed by atoms with E-state index in [-0.39, 0.29) is 30.0 Å². The summed E-state index contributed by atoms with van der Waals surface area (Å²) >= 11 is 0. The average Bonchev–Trinajstić information content (AvgIpc) is 2.32. The summed E-state index contributed by atoms with van der Waals surface area (Å²) in [6.07, 6.45) is -3.08. The number of ketones is 1. The lowest BCUT2D eigenvalue weighted by molar-refractivity contribution is -0.148. The minimum absolute atomic E-state index is 0.107. The first-order valence-corrected chi connectivity index (χ1v) is 6.66. The van der Waals surface area contributed by atoms with Gasteiger partial charge in [0.15, 0.2) is 5.78 Å². The highest BCUT2D eigenvalue weighted by atomic mass is 16.5. The standard InChI is InChI=1S/C13H18O6/c14-5-3-8(17)10-9(4-5)19-13-7(16)2-1-6(15)11(13)12(10)18/h5-10,14-17H,1-4H2/t5?,6-,7-,8?,9?,10?/m0/s1. The Morgan fingerprint density at radius 3 is 2.42 bits per heavy atom. The third kappa shape index (κ3) is 1.99. The van der Waals surface area contributed by atoms with E-state index in [1.807, 2.05) is 0 Å². The van der Waals surface area contributed by atoms with Crippen LogP contribution < -0.4 is 0 Å². The summed E-state index contributed by atoms with van der Waals surface area (Å²) < 4.78 is 5.62. The number of Topliss-reactive ketones (excluding diaryl/α,β-unsaturated/α-hetero) is 1. The zero-order chi connectivity index (χ0) is 13.7. The van der Waals surface area contributed by atoms with Crippen molar-refractivity contribution in [2.75, 3.05) is 0 Å². The number of rotatable bonds is 0. The molecule has 0 aromatic rings. The third-order valence-electron chi connectivity index (χ3n) is 4.29. The zero-order valence-corrected chi connectivity index (χ0v) is 10.4. The third-order valence-corrected chi connectivity index (χ3v) is 4.29. The number of aliphatic hydroxyl groups is 4. The number of aliphatic hydroxyl groups excluding tert-OH is 4. The van der Waals surface area contributed by atoms with Crippen LogP contribution in [0.2, 0.25) is 0 Å². The van der Waals surface area contributed by atoms with Crippen molar-refractivity contribution in [1.29, 1.82) is 0 Å². The molecule has 6 atom stereocenters. The molecule has 0 bridgehead atoms. The van der Waals surface area contributed by atoms with E-state index < -0.39 is 36.4 Å². The molecule has 106 valence electrons. The second kappa shape index (κ2) is 4.56. The predicted octanol–water partition coefficient (Wildman–Crippen LogP) is -1.14. The Morgan fingerprint density at radius 2 is 1.68 bits per heavy atom. The molecule has 1 heterocycles. The molecule has 3 aliphatic rings. The van der Waals surface area contributed by atoms with Crippen LogP contribution in [0.5, 0.6) is 0 Å². The molecular formula is C13H18O6. The Kier molecular flexibility index (Phi) is 3.13. The quantitative estimate of drug-likeness (QED) is 0.443. The van der Waals surface area contributed by atoms with E-state index in [9.17, 15) is 25.2 Å². The highest BCUT2D eigenvalue weighted by Crippen LogP contribution is 2.41. The molecule has 0 amide bonds. The SMILES string of the molecule is O=C1C2=C(OC3CC(O)CC(O)C13)[C@@H](O)CC[C@@H]2O. The summed E-state index contributed by atoms with van der Waals surface area (Å²) in [6.45, 7) is 0. The first kappa shape index (κ1) is 13.1. The summed E-state index contributed by atoms with van der Waals surface area (Å²) in [5, 5.41) is 39.4. The molecule has 3 rings (SSSR count). The summed E-state index contributed by atoms with van der Waals surface area (Å²) in [4.78, 5) is 12.4. The van der Waals surface area contributed by atoms with Crippen LogP contribution in [0, 0.1) is 5.92 Å². The van der Waals surface area contributed by atoms with E-state index in [0.717, 1.165) is 0 Å². The van der Waals surface area contributed by atoms with E-state index >= 15 is 0 Å². The van der Waals surface area contributed by atoms with Crippen LogP contribution in [0.15, 0.2) is 11.3 Å². The van der Waals surface area contributed by atoms with E-state index in [0.29, 0.717) is 12.8 Å². The van der Waals surface area contributed by atoms with Crippen molar-refractivity contribution in [2.24, 2.45) is 5.92 Å². The summed E-state index contributed by atoms with van der Waals surface area (Å²) in [5.74, 6) is -0.967. The largest absolute Gasteiger partial charge is 0.491 e. The van der Waals surface area contributed by atoms with E-state index in [1.165, 1.54) is 0 Å². The zero-order valence-electron chi connectivity index (χ0n) is 10.4. The monoisotopic (exact) mass is 270 g/mol. The van der Waals surface area contributed by atoms with Gasteiger partial charge in [-0.1, -0.05) is 0 Å². The maximum absolute atomic E-state index is 12.4. The molecule has 1 fully saturated rings. The minimum atomic E-state index is -0.971. The fraction of sp³-hybridized carbons (Fsp3) is 0.769. The predicted molar refractivity (Wildman–Crippen MR) is 62.9 cm³/mol. The Morgan fingerprint density at radius 1 is 1.00 bits per heavy atom. The van der Waals surface area contributed by atoms with Gasteiger partial charge < -0.3 is 25.2 Å². The molecule has 1 saturated carbocycles. The molecule has 6 heteroatoms. The summed E-state index contributed by atoms with van der Waals surface area (Å²) in [6, 6.07) is 0. The van der Waals surface area contributed by atoms with Crippen molar-refractivity contribution >= 4 is 5.78 Å². The lowest BCUT2D eigenvalue weighted by atomic mass is 9.73. The van der Waals surface area contributed by atoms with Crippen LogP contribution in [-0.4, -0.2) is 56.7 Å². The summed E-state index contributed by atoms with van der Waals surface area (Å²) in [7, 11) is 0. The maximum atomic E-state index is 12.4. The van der Waals surface area contributed by atoms with Gasteiger partial charge in [0, 0.05) is 12.8 Å². The molecule has 19 heavy (non-hydrogen) atoms. The second-order valence-corrected chi connectivity index (χ2v) is 5.63. The van der Waals surface area contributed by atoms with E-state index in [2.05, 4.69) is 0 Å². The van der Waals surface area contributed by atoms with Crippen molar-refractivity contribution in [2.45, 2.75) is 56.2 Å². The Balaban J connectivity index is 1.99. The van der Waals surface area contributed by atoms with Gasteiger partial charge in [0.1, 0.15) is 18.0 Å². The van der Waals surface area contributed by atoms with Crippen LogP contribution >= 0.6 is 0 Å². The van der Waals surface area contributed by atoms with Crippen LogP contribution in [0.4, 0.5) is 0 Å². The first-order chi connectivity index (χ1) is 8.99. The highest BCUT2D eigenvalue weighted by Gasteiger charge is 2.50. The fourth-order valence-corrected chi connectivity index (χ4v) is 3.35. The fourth-order valence-electron chi connectivity index (χ4n) is 3.35. The highest BCUT2D eigenvalue weighted by molar-refractivity contribution is 6.00. The lowest BCUT2D eigenvalue weighted by Crippen LogP contribution is -2.53. The molecule has 0 radical (unpaired) electrons. The molecule has 4 unspecified atom stereocenters. The normalized spacial score (nSPS) is 46.4. The molecule has 0 aromatic heterocycles.